The summed E-state index contributed by atoms with van der Waals surface area (Å²) in [5, 5.41) is 1.16. The van der Waals surface area contributed by atoms with Crippen molar-refractivity contribution < 1.29 is 4.42 Å². The quantitative estimate of drug-likeness (QED) is 0.619. The minimum absolute atomic E-state index is 0.950. The second-order valence-electron chi connectivity index (χ2n) is 2.72. The van der Waals surface area contributed by atoms with E-state index in [0.29, 0.717) is 0 Å². The Labute approximate surface area is 71.3 Å². The predicted molar refractivity (Wildman–Crippen MR) is 50.9 cm³/mol. The molecule has 60 valence electrons. The van der Waals surface area contributed by atoms with Gasteiger partial charge in [-0.25, -0.2) is 0 Å². The summed E-state index contributed by atoms with van der Waals surface area (Å²) >= 11 is 0. The molecule has 0 N–H and O–H groups in total. The van der Waals surface area contributed by atoms with Gasteiger partial charge in [-0.05, 0) is 24.6 Å². The van der Waals surface area contributed by atoms with E-state index in [-0.39, 0.29) is 0 Å². The highest BCUT2D eigenvalue weighted by Gasteiger charge is 1.95. The van der Waals surface area contributed by atoms with E-state index in [0.717, 1.165) is 11.0 Å². The van der Waals surface area contributed by atoms with Crippen LogP contribution in [0.4, 0.5) is 0 Å². The zero-order valence-corrected chi connectivity index (χ0v) is 6.95. The molecule has 0 fully saturated rings. The first-order chi connectivity index (χ1) is 5.90. The Morgan fingerprint density at radius 3 is 3.00 bits per heavy atom. The third kappa shape index (κ3) is 1.14. The number of allylic oxidation sites excluding steroid dienone is 1. The van der Waals surface area contributed by atoms with Crippen molar-refractivity contribution in [1.82, 2.24) is 0 Å². The van der Waals surface area contributed by atoms with Crippen LogP contribution in [0.2, 0.25) is 0 Å². The van der Waals surface area contributed by atoms with E-state index in [1.54, 1.807) is 6.26 Å². The molecule has 1 nitrogen and oxygen atoms in total. The molecule has 0 unspecified atom stereocenters. The number of furan rings is 1. The number of fused-ring (bicyclic) bond motifs is 1. The highest BCUT2D eigenvalue weighted by Crippen LogP contribution is 2.17. The summed E-state index contributed by atoms with van der Waals surface area (Å²) in [5.74, 6) is 0. The minimum atomic E-state index is 0.950. The summed E-state index contributed by atoms with van der Waals surface area (Å²) in [6, 6.07) is 8.15. The van der Waals surface area contributed by atoms with Gasteiger partial charge >= 0.3 is 0 Å². The van der Waals surface area contributed by atoms with Crippen molar-refractivity contribution in [1.29, 1.82) is 0 Å². The fourth-order valence-electron chi connectivity index (χ4n) is 1.27. The lowest BCUT2D eigenvalue weighted by atomic mass is 10.1. The fourth-order valence-corrected chi connectivity index (χ4v) is 1.27. The summed E-state index contributed by atoms with van der Waals surface area (Å²) in [4.78, 5) is 0. The normalized spacial score (nSPS) is 11.4. The van der Waals surface area contributed by atoms with E-state index in [2.05, 4.69) is 18.2 Å². The van der Waals surface area contributed by atoms with Crippen LogP contribution in [0.25, 0.3) is 17.0 Å². The molecule has 0 atom stereocenters. The molecular formula is C11H10O. The van der Waals surface area contributed by atoms with E-state index in [4.69, 9.17) is 4.42 Å². The average molecular weight is 158 g/mol. The molecule has 2 rings (SSSR count). The van der Waals surface area contributed by atoms with Crippen molar-refractivity contribution in [3.05, 3.63) is 42.2 Å². The molecule has 0 saturated carbocycles. The van der Waals surface area contributed by atoms with Gasteiger partial charge in [0.2, 0.25) is 0 Å². The largest absolute Gasteiger partial charge is 0.464 e. The third-order valence-corrected chi connectivity index (χ3v) is 1.84. The van der Waals surface area contributed by atoms with Gasteiger partial charge in [0.25, 0.3) is 0 Å². The molecule has 1 heterocycles. The van der Waals surface area contributed by atoms with Crippen LogP contribution in [-0.2, 0) is 0 Å². The van der Waals surface area contributed by atoms with Gasteiger partial charge in [0.05, 0.1) is 6.26 Å². The van der Waals surface area contributed by atoms with E-state index in [9.17, 15) is 0 Å². The van der Waals surface area contributed by atoms with Crippen molar-refractivity contribution >= 4 is 17.0 Å². The lowest BCUT2D eigenvalue weighted by Gasteiger charge is -1.91. The topological polar surface area (TPSA) is 13.1 Å². The Morgan fingerprint density at radius 1 is 1.25 bits per heavy atom. The second kappa shape index (κ2) is 2.86. The SMILES string of the molecule is CC=Cc1ccc2ccoc2c1. The molecule has 0 aliphatic heterocycles. The average Bonchev–Trinajstić information content (AvgIpc) is 2.51. The first kappa shape index (κ1) is 7.17. The molecule has 1 heteroatoms. The Balaban J connectivity index is 2.60. The second-order valence-corrected chi connectivity index (χ2v) is 2.72. The Hall–Kier alpha value is -1.50. The van der Waals surface area contributed by atoms with E-state index in [1.165, 1.54) is 5.56 Å². The van der Waals surface area contributed by atoms with Crippen LogP contribution in [0.1, 0.15) is 12.5 Å². The molecule has 0 spiro atoms. The molecule has 0 bridgehead atoms. The molecule has 12 heavy (non-hydrogen) atoms. The van der Waals surface area contributed by atoms with Gasteiger partial charge in [-0.1, -0.05) is 24.3 Å². The van der Waals surface area contributed by atoms with Crippen LogP contribution in [0.3, 0.4) is 0 Å². The van der Waals surface area contributed by atoms with Crippen LogP contribution >= 0.6 is 0 Å². The molecule has 0 amide bonds. The first-order valence-electron chi connectivity index (χ1n) is 4.00. The van der Waals surface area contributed by atoms with Crippen LogP contribution < -0.4 is 0 Å². The molecule has 1 aromatic carbocycles. The standard InChI is InChI=1S/C11H10O/c1-2-3-9-4-5-10-6-7-12-11(10)8-9/h2-8H,1H3. The molecular weight excluding hydrogens is 148 g/mol. The van der Waals surface area contributed by atoms with Gasteiger partial charge in [-0.15, -0.1) is 0 Å². The summed E-state index contributed by atoms with van der Waals surface area (Å²) in [7, 11) is 0. The predicted octanol–water partition coefficient (Wildman–Crippen LogP) is 3.47. The number of rotatable bonds is 1. The molecule has 0 aliphatic rings. The van der Waals surface area contributed by atoms with Crippen LogP contribution in [-0.4, -0.2) is 0 Å². The van der Waals surface area contributed by atoms with Crippen molar-refractivity contribution in [2.75, 3.05) is 0 Å². The Bertz CT molecular complexity index is 410. The van der Waals surface area contributed by atoms with Gasteiger partial charge in [-0.2, -0.15) is 0 Å². The Morgan fingerprint density at radius 2 is 2.17 bits per heavy atom. The maximum Gasteiger partial charge on any atom is 0.134 e. The highest BCUT2D eigenvalue weighted by molar-refractivity contribution is 5.79. The first-order valence-corrected chi connectivity index (χ1v) is 4.00. The van der Waals surface area contributed by atoms with Gasteiger partial charge in [0.1, 0.15) is 5.58 Å². The summed E-state index contributed by atoms with van der Waals surface area (Å²) in [5.41, 5.74) is 2.13. The van der Waals surface area contributed by atoms with E-state index < -0.39 is 0 Å². The van der Waals surface area contributed by atoms with Crippen molar-refractivity contribution in [2.24, 2.45) is 0 Å². The summed E-state index contributed by atoms with van der Waals surface area (Å²) in [6.45, 7) is 2.01. The lowest BCUT2D eigenvalue weighted by molar-refractivity contribution is 0.616. The van der Waals surface area contributed by atoms with Gasteiger partial charge < -0.3 is 4.42 Å². The smallest absolute Gasteiger partial charge is 0.134 e. The van der Waals surface area contributed by atoms with Gasteiger partial charge in [0, 0.05) is 5.39 Å². The van der Waals surface area contributed by atoms with Crippen LogP contribution in [0, 0.1) is 0 Å². The molecule has 0 saturated heterocycles. The lowest BCUT2D eigenvalue weighted by Crippen LogP contribution is -1.69. The van der Waals surface area contributed by atoms with Crippen molar-refractivity contribution in [3.63, 3.8) is 0 Å². The fraction of sp³-hybridized carbons (Fsp3) is 0.0909. The zero-order valence-electron chi connectivity index (χ0n) is 6.95. The minimum Gasteiger partial charge on any atom is -0.464 e. The Kier molecular flexibility index (Phi) is 1.71. The van der Waals surface area contributed by atoms with Gasteiger partial charge in [0.15, 0.2) is 0 Å². The van der Waals surface area contributed by atoms with Crippen molar-refractivity contribution in [2.45, 2.75) is 6.92 Å². The van der Waals surface area contributed by atoms with Crippen LogP contribution in [0.15, 0.2) is 41.0 Å². The highest BCUT2D eigenvalue weighted by atomic mass is 16.3. The molecule has 0 radical (unpaired) electrons. The summed E-state index contributed by atoms with van der Waals surface area (Å²) in [6.07, 6.45) is 5.79. The van der Waals surface area contributed by atoms with E-state index in [1.807, 2.05) is 25.1 Å². The third-order valence-electron chi connectivity index (χ3n) is 1.84. The molecule has 0 aliphatic carbocycles. The number of benzene rings is 1. The summed E-state index contributed by atoms with van der Waals surface area (Å²) < 4.78 is 5.27. The monoisotopic (exact) mass is 158 g/mol. The van der Waals surface area contributed by atoms with Crippen LogP contribution in [0.5, 0.6) is 0 Å². The number of hydrogen-bond acceptors (Lipinski definition) is 1. The molecule has 1 aromatic heterocycles. The van der Waals surface area contributed by atoms with E-state index >= 15 is 0 Å². The molecule has 2 aromatic rings. The maximum absolute atomic E-state index is 5.27. The maximum atomic E-state index is 5.27. The van der Waals surface area contributed by atoms with Gasteiger partial charge in [-0.3, -0.25) is 0 Å². The number of hydrogen-bond donors (Lipinski definition) is 0. The van der Waals surface area contributed by atoms with Crippen molar-refractivity contribution in [3.8, 4) is 0 Å². The zero-order chi connectivity index (χ0) is 8.39.